The molecule has 0 nitrogen and oxygen atoms in total. The minimum atomic E-state index is 0.899. The van der Waals surface area contributed by atoms with Gasteiger partial charge in [-0.15, -0.1) is 0 Å². The third-order valence-electron chi connectivity index (χ3n) is 9.88. The maximum absolute atomic E-state index is 2.60. The van der Waals surface area contributed by atoms with Gasteiger partial charge in [-0.05, 0) is 90.3 Å². The lowest BCUT2D eigenvalue weighted by Crippen LogP contribution is -2.74. The van der Waals surface area contributed by atoms with Crippen molar-refractivity contribution in [1.82, 2.24) is 0 Å². The minimum absolute atomic E-state index is 0.899. The molecule has 104 valence electrons. The van der Waals surface area contributed by atoms with E-state index in [2.05, 4.69) is 13.8 Å². The topological polar surface area (TPSA) is 0 Å². The molecule has 2 bridgehead atoms. The van der Waals surface area contributed by atoms with Crippen molar-refractivity contribution < 1.29 is 0 Å². The van der Waals surface area contributed by atoms with Crippen LogP contribution in [0.1, 0.15) is 65.2 Å². The zero-order valence-electron chi connectivity index (χ0n) is 12.6. The number of fused-ring (bicyclic) bond motifs is 3. The van der Waals surface area contributed by atoms with Crippen LogP contribution in [0, 0.1) is 51.8 Å². The molecule has 0 aromatic heterocycles. The molecule has 5 rings (SSSR count). The Balaban J connectivity index is 1.47. The molecule has 9 atom stereocenters. The molecule has 0 heteroatoms. The molecule has 0 amide bonds. The second kappa shape index (κ2) is 2.69. The van der Waals surface area contributed by atoms with Crippen molar-refractivity contribution in [2.45, 2.75) is 65.2 Å². The highest BCUT2D eigenvalue weighted by Gasteiger charge is 2.90. The fourth-order valence-electron chi connectivity index (χ4n) is 9.71. The molecule has 5 fully saturated rings. The Hall–Kier alpha value is 0. The first-order valence-corrected chi connectivity index (χ1v) is 9.16. The SMILES string of the molecule is CCCC(C)C1CC23CC4C5CC46CC1C2(C6)C5C3. The summed E-state index contributed by atoms with van der Waals surface area (Å²) < 4.78 is 0. The quantitative estimate of drug-likeness (QED) is 0.675. The molecule has 19 heavy (non-hydrogen) atoms. The normalized spacial score (nSPS) is 70.7. The third-order valence-corrected chi connectivity index (χ3v) is 9.88. The van der Waals surface area contributed by atoms with Crippen LogP contribution in [0.4, 0.5) is 0 Å². The summed E-state index contributed by atoms with van der Waals surface area (Å²) in [6, 6.07) is 0. The summed E-state index contributed by atoms with van der Waals surface area (Å²) in [7, 11) is 0. The van der Waals surface area contributed by atoms with E-state index >= 15 is 0 Å². The predicted molar refractivity (Wildman–Crippen MR) is 76.5 cm³/mol. The molecule has 5 aliphatic rings. The molecule has 2 spiro atoms. The number of hydrogen-bond acceptors (Lipinski definition) is 0. The summed E-state index contributed by atoms with van der Waals surface area (Å²) in [4.78, 5) is 0. The molecule has 5 aliphatic carbocycles. The fourth-order valence-corrected chi connectivity index (χ4v) is 9.71. The summed E-state index contributed by atoms with van der Waals surface area (Å²) in [5, 5.41) is 0. The third kappa shape index (κ3) is 0.777. The van der Waals surface area contributed by atoms with Crippen molar-refractivity contribution in [3.63, 3.8) is 0 Å². The van der Waals surface area contributed by atoms with E-state index in [1.807, 2.05) is 0 Å². The second-order valence-electron chi connectivity index (χ2n) is 9.79. The van der Waals surface area contributed by atoms with E-state index in [9.17, 15) is 0 Å². The lowest BCUT2D eigenvalue weighted by molar-refractivity contribution is -0.328. The van der Waals surface area contributed by atoms with Crippen molar-refractivity contribution in [1.29, 1.82) is 0 Å². The molecule has 5 saturated carbocycles. The zero-order chi connectivity index (χ0) is 12.6. The first kappa shape index (κ1) is 10.7. The summed E-state index contributed by atoms with van der Waals surface area (Å²) in [6.07, 6.45) is 13.0. The van der Waals surface area contributed by atoms with Crippen LogP contribution in [0.15, 0.2) is 0 Å². The monoisotopic (exact) mass is 256 g/mol. The Morgan fingerprint density at radius 1 is 1.00 bits per heavy atom. The van der Waals surface area contributed by atoms with Gasteiger partial charge in [0, 0.05) is 0 Å². The highest BCUT2D eigenvalue weighted by atomic mass is 14.9. The molecule has 0 radical (unpaired) electrons. The molecule has 0 heterocycles. The maximum Gasteiger partial charge on any atom is -0.0173 e. The van der Waals surface area contributed by atoms with Gasteiger partial charge in [0.2, 0.25) is 0 Å². The average molecular weight is 256 g/mol. The standard InChI is InChI=1S/C19H28/c1-3-4-11(2)12-6-18-8-14-13-5-17(14)7-15(12)19(18,10-17)16(13)9-18/h11-16H,3-10H2,1-2H3. The highest BCUT2D eigenvalue weighted by Crippen LogP contribution is 2.97. The van der Waals surface area contributed by atoms with E-state index in [0.717, 1.165) is 28.1 Å². The van der Waals surface area contributed by atoms with E-state index < -0.39 is 0 Å². The Morgan fingerprint density at radius 3 is 2.68 bits per heavy atom. The van der Waals surface area contributed by atoms with E-state index in [-0.39, 0.29) is 0 Å². The zero-order valence-corrected chi connectivity index (χ0v) is 12.6. The Bertz CT molecular complexity index is 480. The van der Waals surface area contributed by atoms with Crippen LogP contribution < -0.4 is 0 Å². The molecule has 0 aliphatic heterocycles. The van der Waals surface area contributed by atoms with Gasteiger partial charge in [-0.2, -0.15) is 0 Å². The van der Waals surface area contributed by atoms with E-state index in [1.165, 1.54) is 36.5 Å². The maximum atomic E-state index is 2.60. The largest absolute Gasteiger partial charge is 0.0654 e. The van der Waals surface area contributed by atoms with Crippen LogP contribution in [-0.4, -0.2) is 0 Å². The van der Waals surface area contributed by atoms with Crippen molar-refractivity contribution in [2.24, 2.45) is 51.8 Å². The first-order chi connectivity index (χ1) is 9.16. The van der Waals surface area contributed by atoms with E-state index in [4.69, 9.17) is 0 Å². The van der Waals surface area contributed by atoms with Crippen molar-refractivity contribution >= 4 is 0 Å². The molecule has 0 saturated heterocycles. The van der Waals surface area contributed by atoms with Crippen LogP contribution >= 0.6 is 0 Å². The van der Waals surface area contributed by atoms with Gasteiger partial charge in [0.25, 0.3) is 0 Å². The smallest absolute Gasteiger partial charge is 0.0173 e. The number of rotatable bonds is 3. The Labute approximate surface area is 117 Å². The summed E-state index contributed by atoms with van der Waals surface area (Å²) in [5.41, 5.74) is 2.74. The summed E-state index contributed by atoms with van der Waals surface area (Å²) >= 11 is 0. The average Bonchev–Trinajstić information content (AvgIpc) is 2.77. The molecule has 0 aromatic carbocycles. The highest BCUT2D eigenvalue weighted by molar-refractivity contribution is 5.38. The lowest BCUT2D eigenvalue weighted by Gasteiger charge is -2.81. The first-order valence-electron chi connectivity index (χ1n) is 9.16. The van der Waals surface area contributed by atoms with Crippen molar-refractivity contribution in [3.8, 4) is 0 Å². The van der Waals surface area contributed by atoms with Gasteiger partial charge in [0.15, 0.2) is 0 Å². The minimum Gasteiger partial charge on any atom is -0.0654 e. The van der Waals surface area contributed by atoms with E-state index in [0.29, 0.717) is 0 Å². The van der Waals surface area contributed by atoms with Gasteiger partial charge in [0.1, 0.15) is 0 Å². The van der Waals surface area contributed by atoms with Crippen LogP contribution in [0.5, 0.6) is 0 Å². The van der Waals surface area contributed by atoms with Crippen LogP contribution in [0.2, 0.25) is 0 Å². The second-order valence-corrected chi connectivity index (χ2v) is 9.79. The van der Waals surface area contributed by atoms with E-state index in [1.54, 1.807) is 38.5 Å². The van der Waals surface area contributed by atoms with Crippen molar-refractivity contribution in [2.75, 3.05) is 0 Å². The van der Waals surface area contributed by atoms with Crippen LogP contribution in [0.3, 0.4) is 0 Å². The lowest BCUT2D eigenvalue weighted by atomic mass is 9.23. The molecule has 0 N–H and O–H groups in total. The van der Waals surface area contributed by atoms with Gasteiger partial charge in [-0.25, -0.2) is 0 Å². The summed E-state index contributed by atoms with van der Waals surface area (Å²) in [6.45, 7) is 4.99. The van der Waals surface area contributed by atoms with Gasteiger partial charge in [-0.1, -0.05) is 26.7 Å². The predicted octanol–water partition coefficient (Wildman–Crippen LogP) is 4.89. The molecular weight excluding hydrogens is 228 g/mol. The van der Waals surface area contributed by atoms with Gasteiger partial charge < -0.3 is 0 Å². The molecule has 0 aromatic rings. The molecule has 9 unspecified atom stereocenters. The number of hydrogen-bond donors (Lipinski definition) is 0. The molecular formula is C19H28. The summed E-state index contributed by atoms with van der Waals surface area (Å²) in [5.74, 6) is 7.01. The Morgan fingerprint density at radius 2 is 1.84 bits per heavy atom. The van der Waals surface area contributed by atoms with Gasteiger partial charge >= 0.3 is 0 Å². The van der Waals surface area contributed by atoms with Crippen LogP contribution in [0.25, 0.3) is 0 Å². The van der Waals surface area contributed by atoms with Gasteiger partial charge in [-0.3, -0.25) is 0 Å². The van der Waals surface area contributed by atoms with Gasteiger partial charge in [0.05, 0.1) is 0 Å². The van der Waals surface area contributed by atoms with Crippen molar-refractivity contribution in [3.05, 3.63) is 0 Å². The Kier molecular flexibility index (Phi) is 1.51. The van der Waals surface area contributed by atoms with Crippen LogP contribution in [-0.2, 0) is 0 Å². The fraction of sp³-hybridized carbons (Fsp3) is 1.00.